The van der Waals surface area contributed by atoms with Crippen molar-refractivity contribution < 1.29 is 4.74 Å². The highest BCUT2D eigenvalue weighted by Gasteiger charge is 2.22. The number of nitrogens with one attached hydrogen (secondary N) is 2. The molecule has 0 unspecified atom stereocenters. The topological polar surface area (TPSA) is 45.7 Å². The van der Waals surface area contributed by atoms with Gasteiger partial charge in [-0.25, -0.2) is 0 Å². The molecule has 4 nitrogen and oxygen atoms in total. The summed E-state index contributed by atoms with van der Waals surface area (Å²) in [6.45, 7) is 5.78. The molecule has 21 heavy (non-hydrogen) atoms. The second-order valence-electron chi connectivity index (χ2n) is 5.66. The van der Waals surface area contributed by atoms with Crippen molar-refractivity contribution in [3.05, 3.63) is 29.8 Å². The smallest absolute Gasteiger partial charge is 0.191 e. The number of para-hydroxylation sites is 1. The Hall–Kier alpha value is -0.980. The Kier molecular flexibility index (Phi) is 7.85. The second kappa shape index (κ2) is 9.12. The van der Waals surface area contributed by atoms with E-state index in [9.17, 15) is 0 Å². The van der Waals surface area contributed by atoms with Crippen molar-refractivity contribution in [2.75, 3.05) is 13.7 Å². The lowest BCUT2D eigenvalue weighted by Crippen LogP contribution is -2.38. The molecule has 0 spiro atoms. The van der Waals surface area contributed by atoms with Crippen LogP contribution in [-0.2, 0) is 6.54 Å². The molecular formula is C16H26IN3O. The molecule has 1 saturated carbocycles. The monoisotopic (exact) mass is 403 g/mol. The van der Waals surface area contributed by atoms with Crippen molar-refractivity contribution in [2.45, 2.75) is 39.3 Å². The van der Waals surface area contributed by atoms with Crippen LogP contribution in [0.15, 0.2) is 29.3 Å². The molecule has 0 aromatic heterocycles. The maximum Gasteiger partial charge on any atom is 0.191 e. The molecule has 1 aromatic carbocycles. The van der Waals surface area contributed by atoms with Gasteiger partial charge < -0.3 is 15.4 Å². The Balaban J connectivity index is 0.00000220. The largest absolute Gasteiger partial charge is 0.493 e. The molecule has 0 heterocycles. The molecule has 0 atom stereocenters. The minimum Gasteiger partial charge on any atom is -0.493 e. The van der Waals surface area contributed by atoms with Crippen LogP contribution in [0, 0.1) is 5.92 Å². The van der Waals surface area contributed by atoms with Gasteiger partial charge in [-0.05, 0) is 24.8 Å². The van der Waals surface area contributed by atoms with Crippen molar-refractivity contribution in [1.29, 1.82) is 0 Å². The van der Waals surface area contributed by atoms with Gasteiger partial charge in [0.15, 0.2) is 5.96 Å². The highest BCUT2D eigenvalue weighted by atomic mass is 127. The third-order valence-corrected chi connectivity index (χ3v) is 3.13. The molecule has 5 heteroatoms. The van der Waals surface area contributed by atoms with Crippen LogP contribution in [0.2, 0.25) is 0 Å². The normalized spacial score (nSPS) is 14.6. The Morgan fingerprint density at radius 1 is 1.33 bits per heavy atom. The van der Waals surface area contributed by atoms with Gasteiger partial charge in [-0.3, -0.25) is 4.99 Å². The van der Waals surface area contributed by atoms with E-state index < -0.39 is 0 Å². The minimum absolute atomic E-state index is 0. The highest BCUT2D eigenvalue weighted by molar-refractivity contribution is 14.0. The first-order valence-corrected chi connectivity index (χ1v) is 7.37. The molecule has 0 radical (unpaired) electrons. The Morgan fingerprint density at radius 3 is 2.67 bits per heavy atom. The van der Waals surface area contributed by atoms with Crippen LogP contribution in [-0.4, -0.2) is 25.7 Å². The summed E-state index contributed by atoms with van der Waals surface area (Å²) in [6.07, 6.45) is 2.49. The van der Waals surface area contributed by atoms with Gasteiger partial charge >= 0.3 is 0 Å². The van der Waals surface area contributed by atoms with E-state index in [4.69, 9.17) is 4.74 Å². The van der Waals surface area contributed by atoms with Gasteiger partial charge in [0.25, 0.3) is 0 Å². The third-order valence-electron chi connectivity index (χ3n) is 3.13. The average Bonchev–Trinajstić information content (AvgIpc) is 3.26. The Morgan fingerprint density at radius 2 is 2.05 bits per heavy atom. The highest BCUT2D eigenvalue weighted by Crippen LogP contribution is 2.20. The van der Waals surface area contributed by atoms with Crippen LogP contribution in [0.25, 0.3) is 0 Å². The van der Waals surface area contributed by atoms with Crippen molar-refractivity contribution in [3.63, 3.8) is 0 Å². The summed E-state index contributed by atoms with van der Waals surface area (Å²) >= 11 is 0. The van der Waals surface area contributed by atoms with Crippen LogP contribution < -0.4 is 15.4 Å². The SMILES string of the molecule is CN=C(NCc1ccccc1OCC(C)C)NC1CC1.I. The van der Waals surface area contributed by atoms with E-state index in [-0.39, 0.29) is 24.0 Å². The molecule has 1 aromatic rings. The standard InChI is InChI=1S/C16H25N3O.HI/c1-12(2)11-20-15-7-5-4-6-13(15)10-18-16(17-3)19-14-8-9-14;/h4-7,12,14H,8-11H2,1-3H3,(H2,17,18,19);1H. The number of benzene rings is 1. The summed E-state index contributed by atoms with van der Waals surface area (Å²) in [7, 11) is 1.80. The fourth-order valence-corrected chi connectivity index (χ4v) is 1.84. The van der Waals surface area contributed by atoms with E-state index in [1.165, 1.54) is 12.8 Å². The molecule has 0 bridgehead atoms. The number of hydrogen-bond donors (Lipinski definition) is 2. The molecule has 1 aliphatic carbocycles. The van der Waals surface area contributed by atoms with Crippen molar-refractivity contribution in [1.82, 2.24) is 10.6 Å². The van der Waals surface area contributed by atoms with E-state index in [1.807, 2.05) is 18.2 Å². The van der Waals surface area contributed by atoms with Gasteiger partial charge in [0.1, 0.15) is 5.75 Å². The summed E-state index contributed by atoms with van der Waals surface area (Å²) in [6, 6.07) is 8.77. The maximum atomic E-state index is 5.86. The Labute approximate surface area is 144 Å². The summed E-state index contributed by atoms with van der Waals surface area (Å²) in [4.78, 5) is 4.24. The third kappa shape index (κ3) is 6.54. The first kappa shape index (κ1) is 18.1. The molecular weight excluding hydrogens is 377 g/mol. The zero-order valence-electron chi connectivity index (χ0n) is 13.1. The van der Waals surface area contributed by atoms with Crippen molar-refractivity contribution >= 4 is 29.9 Å². The fourth-order valence-electron chi connectivity index (χ4n) is 1.84. The lowest BCUT2D eigenvalue weighted by Gasteiger charge is -2.15. The number of halogens is 1. The van der Waals surface area contributed by atoms with E-state index in [0.29, 0.717) is 12.0 Å². The maximum absolute atomic E-state index is 5.86. The first-order chi connectivity index (χ1) is 9.69. The molecule has 2 rings (SSSR count). The lowest BCUT2D eigenvalue weighted by atomic mass is 10.2. The van der Waals surface area contributed by atoms with Gasteiger partial charge in [-0.2, -0.15) is 0 Å². The molecule has 1 fully saturated rings. The van der Waals surface area contributed by atoms with Crippen LogP contribution in [0.1, 0.15) is 32.3 Å². The average molecular weight is 403 g/mol. The number of aliphatic imine (C=N–C) groups is 1. The van der Waals surface area contributed by atoms with E-state index in [1.54, 1.807) is 7.05 Å². The summed E-state index contributed by atoms with van der Waals surface area (Å²) in [5.74, 6) is 2.35. The predicted octanol–water partition coefficient (Wildman–Crippen LogP) is 3.17. The molecule has 1 aliphatic rings. The molecule has 0 saturated heterocycles. The van der Waals surface area contributed by atoms with Crippen molar-refractivity contribution in [3.8, 4) is 5.75 Å². The van der Waals surface area contributed by atoms with Gasteiger partial charge in [0.05, 0.1) is 6.61 Å². The number of hydrogen-bond acceptors (Lipinski definition) is 2. The number of ether oxygens (including phenoxy) is 1. The molecule has 118 valence electrons. The predicted molar refractivity (Wildman–Crippen MR) is 98.5 cm³/mol. The van der Waals surface area contributed by atoms with E-state index >= 15 is 0 Å². The van der Waals surface area contributed by atoms with Gasteiger partial charge in [0.2, 0.25) is 0 Å². The summed E-state index contributed by atoms with van der Waals surface area (Å²) in [5, 5.41) is 6.72. The van der Waals surface area contributed by atoms with E-state index in [2.05, 4.69) is 35.5 Å². The van der Waals surface area contributed by atoms with Crippen LogP contribution in [0.4, 0.5) is 0 Å². The number of nitrogens with zero attached hydrogens (tertiary/aromatic N) is 1. The van der Waals surface area contributed by atoms with Gasteiger partial charge in [-0.1, -0.05) is 32.0 Å². The summed E-state index contributed by atoms with van der Waals surface area (Å²) in [5.41, 5.74) is 1.16. The van der Waals surface area contributed by atoms with Crippen LogP contribution in [0.3, 0.4) is 0 Å². The zero-order valence-corrected chi connectivity index (χ0v) is 15.4. The van der Waals surface area contributed by atoms with Crippen LogP contribution >= 0.6 is 24.0 Å². The Bertz CT molecular complexity index is 459. The molecule has 0 amide bonds. The quantitative estimate of drug-likeness (QED) is 0.436. The number of rotatable bonds is 6. The first-order valence-electron chi connectivity index (χ1n) is 7.37. The van der Waals surface area contributed by atoms with Crippen LogP contribution in [0.5, 0.6) is 5.75 Å². The minimum atomic E-state index is 0. The fraction of sp³-hybridized carbons (Fsp3) is 0.562. The van der Waals surface area contributed by atoms with Gasteiger partial charge in [0, 0.05) is 25.2 Å². The number of guanidine groups is 1. The zero-order chi connectivity index (χ0) is 14.4. The van der Waals surface area contributed by atoms with Gasteiger partial charge in [-0.15, -0.1) is 24.0 Å². The molecule has 0 aliphatic heterocycles. The van der Waals surface area contributed by atoms with E-state index in [0.717, 1.165) is 30.4 Å². The van der Waals surface area contributed by atoms with Crippen molar-refractivity contribution in [2.24, 2.45) is 10.9 Å². The molecule has 2 N–H and O–H groups in total. The lowest BCUT2D eigenvalue weighted by molar-refractivity contribution is 0.268. The summed E-state index contributed by atoms with van der Waals surface area (Å²) < 4.78 is 5.86. The second-order valence-corrected chi connectivity index (χ2v) is 5.66.